The lowest BCUT2D eigenvalue weighted by molar-refractivity contribution is -0.384. The van der Waals surface area contributed by atoms with Gasteiger partial charge in [0.2, 0.25) is 5.91 Å². The molecule has 2 rings (SSSR count). The van der Waals surface area contributed by atoms with E-state index in [0.717, 1.165) is 0 Å². The molecule has 0 aliphatic carbocycles. The molecule has 2 aromatic rings. The number of anilines is 1. The Morgan fingerprint density at radius 2 is 1.88 bits per heavy atom. The summed E-state index contributed by atoms with van der Waals surface area (Å²) in [6.07, 6.45) is 0.586. The van der Waals surface area contributed by atoms with E-state index in [9.17, 15) is 19.7 Å². The van der Waals surface area contributed by atoms with Gasteiger partial charge in [0.1, 0.15) is 5.75 Å². The Labute approximate surface area is 150 Å². The summed E-state index contributed by atoms with van der Waals surface area (Å²) in [6, 6.07) is 12.7. The maximum absolute atomic E-state index is 12.0. The van der Waals surface area contributed by atoms with Crippen LogP contribution in [0.25, 0.3) is 0 Å². The van der Waals surface area contributed by atoms with E-state index in [1.165, 1.54) is 25.3 Å². The predicted molar refractivity (Wildman–Crippen MR) is 96.3 cm³/mol. The second kappa shape index (κ2) is 9.16. The molecule has 0 bridgehead atoms. The molecule has 2 amide bonds. The molecule has 0 spiro atoms. The second-order valence-corrected chi connectivity index (χ2v) is 5.42. The van der Waals surface area contributed by atoms with Gasteiger partial charge < -0.3 is 15.4 Å². The van der Waals surface area contributed by atoms with Crippen LogP contribution in [0.15, 0.2) is 48.5 Å². The molecular formula is C18H19N3O5. The third kappa shape index (κ3) is 5.30. The number of benzene rings is 2. The number of hydrogen-bond acceptors (Lipinski definition) is 5. The van der Waals surface area contributed by atoms with Crippen molar-refractivity contribution in [1.82, 2.24) is 5.32 Å². The Balaban J connectivity index is 1.83. The van der Waals surface area contributed by atoms with E-state index in [1.54, 1.807) is 24.3 Å². The van der Waals surface area contributed by atoms with E-state index >= 15 is 0 Å². The van der Waals surface area contributed by atoms with Gasteiger partial charge in [-0.2, -0.15) is 0 Å². The summed E-state index contributed by atoms with van der Waals surface area (Å²) in [5.74, 6) is -0.189. The Bertz CT molecular complexity index is 793. The molecule has 26 heavy (non-hydrogen) atoms. The van der Waals surface area contributed by atoms with E-state index in [-0.39, 0.29) is 29.6 Å². The highest BCUT2D eigenvalue weighted by Crippen LogP contribution is 2.28. The molecule has 136 valence electrons. The lowest BCUT2D eigenvalue weighted by Crippen LogP contribution is -2.25. The van der Waals surface area contributed by atoms with Crippen LogP contribution < -0.4 is 15.4 Å². The topological polar surface area (TPSA) is 111 Å². The maximum Gasteiger partial charge on any atom is 0.271 e. The van der Waals surface area contributed by atoms with Gasteiger partial charge >= 0.3 is 0 Å². The number of nitro groups is 1. The number of carbonyl (C=O) groups is 2. The number of nitrogens with zero attached hydrogens (tertiary/aromatic N) is 1. The van der Waals surface area contributed by atoms with Crippen LogP contribution in [0.3, 0.4) is 0 Å². The highest BCUT2D eigenvalue weighted by Gasteiger charge is 2.13. The minimum Gasteiger partial charge on any atom is -0.495 e. The van der Waals surface area contributed by atoms with Crippen LogP contribution in [0.1, 0.15) is 23.2 Å². The van der Waals surface area contributed by atoms with Crippen molar-refractivity contribution < 1.29 is 19.2 Å². The van der Waals surface area contributed by atoms with Crippen molar-refractivity contribution in [2.24, 2.45) is 0 Å². The molecule has 2 N–H and O–H groups in total. The molecule has 0 radical (unpaired) electrons. The molecule has 0 aliphatic rings. The van der Waals surface area contributed by atoms with Gasteiger partial charge in [-0.25, -0.2) is 0 Å². The van der Waals surface area contributed by atoms with Gasteiger partial charge in [0.15, 0.2) is 0 Å². The van der Waals surface area contributed by atoms with E-state index < -0.39 is 4.92 Å². The van der Waals surface area contributed by atoms with E-state index in [1.807, 2.05) is 6.07 Å². The zero-order valence-corrected chi connectivity index (χ0v) is 14.2. The zero-order valence-electron chi connectivity index (χ0n) is 14.2. The number of methoxy groups -OCH3 is 1. The average molecular weight is 357 g/mol. The molecule has 0 atom stereocenters. The summed E-state index contributed by atoms with van der Waals surface area (Å²) in [7, 11) is 1.41. The van der Waals surface area contributed by atoms with Crippen molar-refractivity contribution >= 4 is 23.2 Å². The van der Waals surface area contributed by atoms with Crippen molar-refractivity contribution in [3.05, 3.63) is 64.2 Å². The summed E-state index contributed by atoms with van der Waals surface area (Å²) >= 11 is 0. The second-order valence-electron chi connectivity index (χ2n) is 5.42. The van der Waals surface area contributed by atoms with Crippen molar-refractivity contribution in [1.29, 1.82) is 0 Å². The highest BCUT2D eigenvalue weighted by atomic mass is 16.6. The first-order chi connectivity index (χ1) is 12.5. The Morgan fingerprint density at radius 1 is 1.15 bits per heavy atom. The zero-order chi connectivity index (χ0) is 18.9. The Hall–Kier alpha value is -3.42. The molecular weight excluding hydrogens is 338 g/mol. The molecule has 8 nitrogen and oxygen atoms in total. The summed E-state index contributed by atoms with van der Waals surface area (Å²) < 4.78 is 5.09. The molecule has 2 aromatic carbocycles. The van der Waals surface area contributed by atoms with Crippen molar-refractivity contribution in [2.75, 3.05) is 19.0 Å². The first kappa shape index (κ1) is 18.9. The number of carbonyl (C=O) groups excluding carboxylic acids is 2. The number of rotatable bonds is 8. The average Bonchev–Trinajstić information content (AvgIpc) is 2.65. The van der Waals surface area contributed by atoms with Crippen molar-refractivity contribution in [2.45, 2.75) is 12.8 Å². The summed E-state index contributed by atoms with van der Waals surface area (Å²) in [4.78, 5) is 34.2. The molecule has 0 fully saturated rings. The van der Waals surface area contributed by atoms with Gasteiger partial charge in [-0.05, 0) is 24.6 Å². The minimum atomic E-state index is -0.547. The number of amides is 2. The van der Waals surface area contributed by atoms with E-state index in [2.05, 4.69) is 10.6 Å². The summed E-state index contributed by atoms with van der Waals surface area (Å²) in [6.45, 7) is 0.340. The van der Waals surface area contributed by atoms with Gasteiger partial charge in [0, 0.05) is 30.7 Å². The Kier molecular flexibility index (Phi) is 6.67. The standard InChI is InChI=1S/C18H19N3O5/c1-26-16-10-9-14(21(24)25)12-15(16)20-17(22)8-5-11-19-18(23)13-6-3-2-4-7-13/h2-4,6-7,9-10,12H,5,8,11H2,1H3,(H,19,23)(H,20,22). The predicted octanol–water partition coefficient (Wildman–Crippen LogP) is 2.75. The normalized spacial score (nSPS) is 10.0. The SMILES string of the molecule is COc1ccc([N+](=O)[O-])cc1NC(=O)CCCNC(=O)c1ccccc1. The van der Waals surface area contributed by atoms with Crippen molar-refractivity contribution in [3.8, 4) is 5.75 Å². The third-order valence-electron chi connectivity index (χ3n) is 3.57. The van der Waals surface area contributed by atoms with Gasteiger partial charge in [-0.15, -0.1) is 0 Å². The molecule has 0 aromatic heterocycles. The first-order valence-corrected chi connectivity index (χ1v) is 7.97. The summed E-state index contributed by atoms with van der Waals surface area (Å²) in [5.41, 5.74) is 0.648. The van der Waals surface area contributed by atoms with Gasteiger partial charge in [0.25, 0.3) is 11.6 Å². The van der Waals surface area contributed by atoms with E-state index in [0.29, 0.717) is 24.3 Å². The first-order valence-electron chi connectivity index (χ1n) is 7.97. The largest absolute Gasteiger partial charge is 0.495 e. The van der Waals surface area contributed by atoms with Gasteiger partial charge in [0.05, 0.1) is 17.7 Å². The van der Waals surface area contributed by atoms with Crippen LogP contribution in [0, 0.1) is 10.1 Å². The minimum absolute atomic E-state index is 0.142. The monoisotopic (exact) mass is 357 g/mol. The van der Waals surface area contributed by atoms with Crippen molar-refractivity contribution in [3.63, 3.8) is 0 Å². The third-order valence-corrected chi connectivity index (χ3v) is 3.57. The molecule has 0 heterocycles. The van der Waals surface area contributed by atoms with Crippen LogP contribution in [0.4, 0.5) is 11.4 Å². The highest BCUT2D eigenvalue weighted by molar-refractivity contribution is 5.94. The smallest absolute Gasteiger partial charge is 0.271 e. The number of ether oxygens (including phenoxy) is 1. The molecule has 0 unspecified atom stereocenters. The number of nitro benzene ring substituents is 1. The number of non-ortho nitro benzene ring substituents is 1. The van der Waals surface area contributed by atoms with E-state index in [4.69, 9.17) is 4.74 Å². The molecule has 0 saturated carbocycles. The van der Waals surface area contributed by atoms with Crippen LogP contribution in [-0.4, -0.2) is 30.4 Å². The molecule has 0 saturated heterocycles. The summed E-state index contributed by atoms with van der Waals surface area (Å²) in [5, 5.41) is 16.2. The fourth-order valence-electron chi connectivity index (χ4n) is 2.26. The maximum atomic E-state index is 12.0. The molecule has 8 heteroatoms. The van der Waals surface area contributed by atoms with Crippen LogP contribution in [0.2, 0.25) is 0 Å². The van der Waals surface area contributed by atoms with Crippen LogP contribution >= 0.6 is 0 Å². The van der Waals surface area contributed by atoms with Gasteiger partial charge in [-0.1, -0.05) is 18.2 Å². The number of nitrogens with one attached hydrogen (secondary N) is 2. The van der Waals surface area contributed by atoms with Crippen LogP contribution in [0.5, 0.6) is 5.75 Å². The fraction of sp³-hybridized carbons (Fsp3) is 0.222. The Morgan fingerprint density at radius 3 is 2.54 bits per heavy atom. The lowest BCUT2D eigenvalue weighted by Gasteiger charge is -2.10. The number of hydrogen-bond donors (Lipinski definition) is 2. The fourth-order valence-corrected chi connectivity index (χ4v) is 2.26. The lowest BCUT2D eigenvalue weighted by atomic mass is 10.2. The quantitative estimate of drug-likeness (QED) is 0.429. The van der Waals surface area contributed by atoms with Gasteiger partial charge in [-0.3, -0.25) is 19.7 Å². The van der Waals surface area contributed by atoms with Crippen LogP contribution in [-0.2, 0) is 4.79 Å². The molecule has 0 aliphatic heterocycles.